The van der Waals surface area contributed by atoms with Crippen LogP contribution in [0.25, 0.3) is 0 Å². The van der Waals surface area contributed by atoms with Gasteiger partial charge in [0.15, 0.2) is 0 Å². The Labute approximate surface area is 134 Å². The average molecular weight is 322 g/mol. The van der Waals surface area contributed by atoms with Gasteiger partial charge in [-0.2, -0.15) is 0 Å². The molecular weight excluding hydrogens is 304 g/mol. The molecule has 1 aromatic rings. The van der Waals surface area contributed by atoms with E-state index < -0.39 is 7.12 Å². The van der Waals surface area contributed by atoms with Gasteiger partial charge in [0.1, 0.15) is 0 Å². The zero-order chi connectivity index (χ0) is 15.9. The third-order valence-electron chi connectivity index (χ3n) is 3.79. The number of anilines is 1. The summed E-state index contributed by atoms with van der Waals surface area (Å²) in [7, 11) is -0.468. The minimum atomic E-state index is -0.468. The van der Waals surface area contributed by atoms with E-state index in [-0.39, 0.29) is 30.1 Å². The number of benzene rings is 1. The smallest absolute Gasteiger partial charge is 0.407 e. The van der Waals surface area contributed by atoms with Crippen molar-refractivity contribution in [2.24, 2.45) is 5.41 Å². The summed E-state index contributed by atoms with van der Waals surface area (Å²) in [5.41, 5.74) is 1.20. The fraction of sp³-hybridized carbons (Fsp3) is 0.467. The Morgan fingerprint density at radius 1 is 1.14 bits per heavy atom. The Bertz CT molecular complexity index is 608. The van der Waals surface area contributed by atoms with Gasteiger partial charge in [-0.3, -0.25) is 9.59 Å². The highest BCUT2D eigenvalue weighted by Gasteiger charge is 2.35. The van der Waals surface area contributed by atoms with Crippen LogP contribution in [0.1, 0.15) is 26.7 Å². The van der Waals surface area contributed by atoms with E-state index in [0.717, 1.165) is 10.4 Å². The van der Waals surface area contributed by atoms with Crippen molar-refractivity contribution in [2.45, 2.75) is 26.7 Å². The molecule has 1 aromatic carbocycles. The van der Waals surface area contributed by atoms with Crippen LogP contribution in [0.3, 0.4) is 0 Å². The molecule has 0 bridgehead atoms. The van der Waals surface area contributed by atoms with Crippen LogP contribution < -0.4 is 10.4 Å². The molecule has 0 unspecified atom stereocenters. The Morgan fingerprint density at radius 2 is 1.73 bits per heavy atom. The van der Waals surface area contributed by atoms with Gasteiger partial charge in [-0.15, -0.1) is 0 Å². The van der Waals surface area contributed by atoms with Crippen LogP contribution in [0.5, 0.6) is 0 Å². The summed E-state index contributed by atoms with van der Waals surface area (Å²) in [4.78, 5) is 24.7. The van der Waals surface area contributed by atoms with Crippen LogP contribution in [-0.4, -0.2) is 32.1 Å². The maximum absolute atomic E-state index is 11.8. The van der Waals surface area contributed by atoms with Crippen LogP contribution in [0.15, 0.2) is 18.2 Å². The normalized spacial score (nSPS) is 21.6. The summed E-state index contributed by atoms with van der Waals surface area (Å²) < 4.78 is 11.4. The highest BCUT2D eigenvalue weighted by molar-refractivity contribution is 6.62. The van der Waals surface area contributed by atoms with Crippen molar-refractivity contribution in [3.63, 3.8) is 0 Å². The van der Waals surface area contributed by atoms with Crippen LogP contribution >= 0.6 is 11.6 Å². The summed E-state index contributed by atoms with van der Waals surface area (Å²) in [5.74, 6) is -0.432. The molecule has 22 heavy (non-hydrogen) atoms. The third-order valence-corrected chi connectivity index (χ3v) is 4.09. The number of nitrogens with zero attached hydrogens (tertiary/aromatic N) is 1. The van der Waals surface area contributed by atoms with Crippen molar-refractivity contribution < 1.29 is 18.9 Å². The van der Waals surface area contributed by atoms with Crippen LogP contribution in [-0.2, 0) is 18.9 Å². The second-order valence-corrected chi connectivity index (χ2v) is 6.86. The largest absolute Gasteiger partial charge is 0.493 e. The molecule has 2 amide bonds. The number of halogens is 1. The van der Waals surface area contributed by atoms with Gasteiger partial charge in [-0.05, 0) is 17.6 Å². The Balaban J connectivity index is 1.81. The van der Waals surface area contributed by atoms with Gasteiger partial charge in [-0.25, -0.2) is 4.90 Å². The van der Waals surface area contributed by atoms with E-state index in [4.69, 9.17) is 20.9 Å². The quantitative estimate of drug-likeness (QED) is 0.615. The lowest BCUT2D eigenvalue weighted by molar-refractivity contribution is -0.121. The lowest BCUT2D eigenvalue weighted by Crippen LogP contribution is -2.47. The molecule has 7 heteroatoms. The third kappa shape index (κ3) is 2.91. The summed E-state index contributed by atoms with van der Waals surface area (Å²) in [6, 6.07) is 5.15. The van der Waals surface area contributed by atoms with Crippen molar-refractivity contribution >= 4 is 41.7 Å². The van der Waals surface area contributed by atoms with Crippen molar-refractivity contribution in [1.82, 2.24) is 0 Å². The number of rotatable bonds is 2. The molecule has 0 radical (unpaired) electrons. The lowest BCUT2D eigenvalue weighted by Gasteiger charge is -2.33. The molecule has 0 spiro atoms. The monoisotopic (exact) mass is 321 g/mol. The highest BCUT2D eigenvalue weighted by atomic mass is 35.5. The van der Waals surface area contributed by atoms with Gasteiger partial charge in [0.2, 0.25) is 11.8 Å². The van der Waals surface area contributed by atoms with Gasteiger partial charge in [0.05, 0.1) is 10.7 Å². The zero-order valence-corrected chi connectivity index (χ0v) is 13.4. The van der Waals surface area contributed by atoms with Crippen LogP contribution in [0.4, 0.5) is 5.69 Å². The molecule has 5 nitrogen and oxygen atoms in total. The number of imide groups is 1. The van der Waals surface area contributed by atoms with E-state index >= 15 is 0 Å². The average Bonchev–Trinajstić information content (AvgIpc) is 2.78. The van der Waals surface area contributed by atoms with E-state index in [1.807, 2.05) is 0 Å². The molecule has 0 saturated carbocycles. The Morgan fingerprint density at radius 3 is 2.27 bits per heavy atom. The molecule has 0 N–H and O–H groups in total. The first kappa shape index (κ1) is 15.5. The molecule has 0 atom stereocenters. The lowest BCUT2D eigenvalue weighted by atomic mass is 9.76. The van der Waals surface area contributed by atoms with Gasteiger partial charge >= 0.3 is 7.12 Å². The van der Waals surface area contributed by atoms with E-state index in [0.29, 0.717) is 23.9 Å². The first-order valence-corrected chi connectivity index (χ1v) is 7.64. The SMILES string of the molecule is CC1(C)COB(c2ccc(N3C(=O)CCC3=O)c(Cl)c2)OC1. The second kappa shape index (κ2) is 5.68. The van der Waals surface area contributed by atoms with Gasteiger partial charge < -0.3 is 9.31 Å². The fourth-order valence-electron chi connectivity index (χ4n) is 2.58. The molecule has 3 rings (SSSR count). The topological polar surface area (TPSA) is 55.8 Å². The second-order valence-electron chi connectivity index (χ2n) is 6.45. The minimum absolute atomic E-state index is 0.00533. The standard InChI is InChI=1S/C15H17BClNO4/c1-15(2)8-21-16(22-9-15)10-3-4-12(11(17)7-10)18-13(19)5-6-14(18)20/h3-4,7H,5-6,8-9H2,1-2H3. The first-order valence-electron chi connectivity index (χ1n) is 7.26. The van der Waals surface area contributed by atoms with Crippen molar-refractivity contribution in [3.05, 3.63) is 23.2 Å². The van der Waals surface area contributed by atoms with Crippen molar-refractivity contribution in [1.29, 1.82) is 0 Å². The Hall–Kier alpha value is -1.37. The summed E-state index contributed by atoms with van der Waals surface area (Å²) in [5, 5.41) is 0.345. The van der Waals surface area contributed by atoms with E-state index in [1.54, 1.807) is 18.2 Å². The summed E-state index contributed by atoms with van der Waals surface area (Å²) in [6.45, 7) is 5.34. The van der Waals surface area contributed by atoms with Gasteiger partial charge in [-0.1, -0.05) is 31.5 Å². The molecule has 2 aliphatic heterocycles. The molecule has 116 valence electrons. The number of hydrogen-bond acceptors (Lipinski definition) is 4. The first-order chi connectivity index (χ1) is 10.4. The van der Waals surface area contributed by atoms with Crippen molar-refractivity contribution in [3.8, 4) is 0 Å². The molecule has 2 aliphatic rings. The van der Waals surface area contributed by atoms with E-state index in [2.05, 4.69) is 13.8 Å². The number of carbonyl (C=O) groups is 2. The molecule has 2 fully saturated rings. The van der Waals surface area contributed by atoms with Crippen molar-refractivity contribution in [2.75, 3.05) is 18.1 Å². The molecule has 2 saturated heterocycles. The van der Waals surface area contributed by atoms with E-state index in [9.17, 15) is 9.59 Å². The van der Waals surface area contributed by atoms with Crippen LogP contribution in [0, 0.1) is 5.41 Å². The number of amides is 2. The Kier molecular flexibility index (Phi) is 4.01. The molecule has 0 aromatic heterocycles. The minimum Gasteiger partial charge on any atom is -0.407 e. The van der Waals surface area contributed by atoms with Gasteiger partial charge in [0, 0.05) is 31.5 Å². The van der Waals surface area contributed by atoms with E-state index in [1.165, 1.54) is 0 Å². The summed E-state index contributed by atoms with van der Waals surface area (Å²) >= 11 is 6.26. The predicted molar refractivity (Wildman–Crippen MR) is 84.3 cm³/mol. The highest BCUT2D eigenvalue weighted by Crippen LogP contribution is 2.30. The predicted octanol–water partition coefficient (Wildman–Crippen LogP) is 1.76. The maximum Gasteiger partial charge on any atom is 0.493 e. The summed E-state index contributed by atoms with van der Waals surface area (Å²) in [6.07, 6.45) is 0.474. The molecule has 2 heterocycles. The van der Waals surface area contributed by atoms with Crippen LogP contribution in [0.2, 0.25) is 5.02 Å². The van der Waals surface area contributed by atoms with Gasteiger partial charge in [0.25, 0.3) is 0 Å². The number of carbonyl (C=O) groups excluding carboxylic acids is 2. The maximum atomic E-state index is 11.8. The zero-order valence-electron chi connectivity index (χ0n) is 12.6. The fourth-order valence-corrected chi connectivity index (χ4v) is 2.85. The molecular formula is C15H17BClNO4. The number of hydrogen-bond donors (Lipinski definition) is 0. The molecule has 0 aliphatic carbocycles.